The fraction of sp³-hybridized carbons (Fsp3) is 0.625. The third-order valence-corrected chi connectivity index (χ3v) is 4.44. The molecule has 0 saturated carbocycles. The summed E-state index contributed by atoms with van der Waals surface area (Å²) < 4.78 is 11.7. The molecule has 0 amide bonds. The van der Waals surface area contributed by atoms with Crippen molar-refractivity contribution in [1.29, 1.82) is 0 Å². The predicted octanol–water partition coefficient (Wildman–Crippen LogP) is 4.68. The number of halogens is 1. The van der Waals surface area contributed by atoms with E-state index in [0.717, 1.165) is 34.4 Å². The summed E-state index contributed by atoms with van der Waals surface area (Å²) in [6, 6.07) is 3.89. The molecule has 0 aliphatic heterocycles. The van der Waals surface area contributed by atoms with Gasteiger partial charge in [0.05, 0.1) is 18.7 Å². The topological polar surface area (TPSA) is 44.5 Å². The van der Waals surface area contributed by atoms with E-state index in [1.807, 2.05) is 12.1 Å². The molecule has 0 heterocycles. The van der Waals surface area contributed by atoms with Gasteiger partial charge in [0.1, 0.15) is 11.5 Å². The second-order valence-corrected chi connectivity index (χ2v) is 5.92. The molecule has 4 heteroatoms. The van der Waals surface area contributed by atoms with Gasteiger partial charge < -0.3 is 15.2 Å². The average Bonchev–Trinajstić information content (AvgIpc) is 2.47. The molecule has 0 saturated heterocycles. The van der Waals surface area contributed by atoms with Crippen molar-refractivity contribution < 1.29 is 9.47 Å². The van der Waals surface area contributed by atoms with Crippen LogP contribution in [0.1, 0.15) is 51.1 Å². The summed E-state index contributed by atoms with van der Waals surface area (Å²) in [5.74, 6) is 2.08. The third-order valence-electron chi connectivity index (χ3n) is 3.82. The lowest BCUT2D eigenvalue weighted by atomic mass is 9.87. The Bertz CT molecular complexity index is 423. The predicted molar refractivity (Wildman–Crippen MR) is 87.5 cm³/mol. The molecule has 1 aromatic rings. The van der Waals surface area contributed by atoms with E-state index >= 15 is 0 Å². The Morgan fingerprint density at radius 2 is 1.80 bits per heavy atom. The molecule has 0 aromatic heterocycles. The zero-order valence-electron chi connectivity index (χ0n) is 12.9. The Hall–Kier alpha value is -0.740. The molecule has 0 fully saturated rings. The number of hydrogen-bond donors (Lipinski definition) is 1. The van der Waals surface area contributed by atoms with Crippen LogP contribution in [0.5, 0.6) is 11.5 Å². The number of methoxy groups -OCH3 is 2. The Morgan fingerprint density at radius 1 is 1.15 bits per heavy atom. The molecule has 20 heavy (non-hydrogen) atoms. The molecular formula is C16H26BrNO2. The molecule has 2 unspecified atom stereocenters. The maximum absolute atomic E-state index is 6.49. The summed E-state index contributed by atoms with van der Waals surface area (Å²) in [5.41, 5.74) is 7.51. The molecule has 0 bridgehead atoms. The minimum Gasteiger partial charge on any atom is -0.496 e. The van der Waals surface area contributed by atoms with Crippen molar-refractivity contribution in [2.75, 3.05) is 14.2 Å². The minimum absolute atomic E-state index is 0.0245. The molecule has 2 N–H and O–H groups in total. The lowest BCUT2D eigenvalue weighted by molar-refractivity contribution is 0.352. The highest BCUT2D eigenvalue weighted by Crippen LogP contribution is 2.38. The van der Waals surface area contributed by atoms with Gasteiger partial charge in [0, 0.05) is 11.6 Å². The number of benzene rings is 1. The summed E-state index contributed by atoms with van der Waals surface area (Å²) in [6.45, 7) is 4.41. The van der Waals surface area contributed by atoms with E-state index in [2.05, 4.69) is 29.8 Å². The molecule has 3 nitrogen and oxygen atoms in total. The second kappa shape index (κ2) is 8.53. The molecule has 114 valence electrons. The first-order valence-electron chi connectivity index (χ1n) is 7.25. The van der Waals surface area contributed by atoms with Gasteiger partial charge in [-0.3, -0.25) is 0 Å². The quantitative estimate of drug-likeness (QED) is 0.744. The van der Waals surface area contributed by atoms with Crippen LogP contribution in [0.3, 0.4) is 0 Å². The summed E-state index contributed by atoms with van der Waals surface area (Å²) in [5, 5.41) is 0. The zero-order valence-corrected chi connectivity index (χ0v) is 14.5. The first-order chi connectivity index (χ1) is 9.58. The van der Waals surface area contributed by atoms with Crippen LogP contribution in [-0.2, 0) is 0 Å². The zero-order chi connectivity index (χ0) is 15.1. The van der Waals surface area contributed by atoms with E-state index in [9.17, 15) is 0 Å². The van der Waals surface area contributed by atoms with Crippen molar-refractivity contribution in [1.82, 2.24) is 0 Å². The van der Waals surface area contributed by atoms with Gasteiger partial charge in [-0.2, -0.15) is 0 Å². The normalized spacial score (nSPS) is 13.9. The highest BCUT2D eigenvalue weighted by molar-refractivity contribution is 9.10. The molecule has 0 aliphatic rings. The van der Waals surface area contributed by atoms with Gasteiger partial charge in [0.25, 0.3) is 0 Å². The lowest BCUT2D eigenvalue weighted by Crippen LogP contribution is -2.22. The molecule has 1 rings (SSSR count). The molecule has 0 spiro atoms. The first kappa shape index (κ1) is 17.3. The van der Waals surface area contributed by atoms with Crippen LogP contribution in [0.2, 0.25) is 0 Å². The van der Waals surface area contributed by atoms with Crippen LogP contribution in [0.15, 0.2) is 16.6 Å². The maximum atomic E-state index is 6.49. The van der Waals surface area contributed by atoms with Gasteiger partial charge in [-0.05, 0) is 40.4 Å². The lowest BCUT2D eigenvalue weighted by Gasteiger charge is -2.25. The van der Waals surface area contributed by atoms with Gasteiger partial charge >= 0.3 is 0 Å². The number of rotatable bonds is 8. The van der Waals surface area contributed by atoms with E-state index < -0.39 is 0 Å². The van der Waals surface area contributed by atoms with Crippen LogP contribution in [0, 0.1) is 5.92 Å². The van der Waals surface area contributed by atoms with Crippen LogP contribution >= 0.6 is 15.9 Å². The van der Waals surface area contributed by atoms with Crippen molar-refractivity contribution in [3.8, 4) is 11.5 Å². The second-order valence-electron chi connectivity index (χ2n) is 5.07. The van der Waals surface area contributed by atoms with E-state index in [4.69, 9.17) is 15.2 Å². The SMILES string of the molecule is CCCCC(CC)C(N)c1cc(OC)c(Br)cc1OC. The number of unbranched alkanes of at least 4 members (excludes halogenated alkanes) is 1. The van der Waals surface area contributed by atoms with E-state index in [0.29, 0.717) is 5.92 Å². The molecule has 1 aromatic carbocycles. The maximum Gasteiger partial charge on any atom is 0.133 e. The summed E-state index contributed by atoms with van der Waals surface area (Å²) in [4.78, 5) is 0. The Kier molecular flexibility index (Phi) is 7.38. The number of ether oxygens (including phenoxy) is 2. The summed E-state index contributed by atoms with van der Waals surface area (Å²) >= 11 is 3.48. The van der Waals surface area contributed by atoms with Crippen LogP contribution in [0.25, 0.3) is 0 Å². The van der Waals surface area contributed by atoms with Crippen LogP contribution in [0.4, 0.5) is 0 Å². The van der Waals surface area contributed by atoms with Gasteiger partial charge in [-0.25, -0.2) is 0 Å². The van der Waals surface area contributed by atoms with Gasteiger partial charge in [-0.1, -0.05) is 33.1 Å². The van der Waals surface area contributed by atoms with E-state index in [1.165, 1.54) is 12.8 Å². The van der Waals surface area contributed by atoms with Gasteiger partial charge in [-0.15, -0.1) is 0 Å². The smallest absolute Gasteiger partial charge is 0.133 e. The number of hydrogen-bond acceptors (Lipinski definition) is 3. The average molecular weight is 344 g/mol. The van der Waals surface area contributed by atoms with E-state index in [1.54, 1.807) is 14.2 Å². The van der Waals surface area contributed by atoms with Gasteiger partial charge in [0.2, 0.25) is 0 Å². The Balaban J connectivity index is 3.08. The highest BCUT2D eigenvalue weighted by Gasteiger charge is 2.22. The van der Waals surface area contributed by atoms with Crippen molar-refractivity contribution >= 4 is 15.9 Å². The van der Waals surface area contributed by atoms with E-state index in [-0.39, 0.29) is 6.04 Å². The fourth-order valence-electron chi connectivity index (χ4n) is 2.50. The van der Waals surface area contributed by atoms with Crippen molar-refractivity contribution in [2.24, 2.45) is 11.7 Å². The van der Waals surface area contributed by atoms with Crippen molar-refractivity contribution in [2.45, 2.75) is 45.6 Å². The van der Waals surface area contributed by atoms with Crippen molar-refractivity contribution in [3.05, 3.63) is 22.2 Å². The first-order valence-corrected chi connectivity index (χ1v) is 8.05. The minimum atomic E-state index is -0.0245. The Labute approximate surface area is 131 Å². The molecule has 0 radical (unpaired) electrons. The molecule has 2 atom stereocenters. The molecule has 0 aliphatic carbocycles. The largest absolute Gasteiger partial charge is 0.496 e. The Morgan fingerprint density at radius 3 is 2.30 bits per heavy atom. The number of nitrogens with two attached hydrogens (primary N) is 1. The summed E-state index contributed by atoms with van der Waals surface area (Å²) in [6.07, 6.45) is 4.63. The van der Waals surface area contributed by atoms with Gasteiger partial charge in [0.15, 0.2) is 0 Å². The monoisotopic (exact) mass is 343 g/mol. The summed E-state index contributed by atoms with van der Waals surface area (Å²) in [7, 11) is 3.34. The van der Waals surface area contributed by atoms with Crippen LogP contribution in [-0.4, -0.2) is 14.2 Å². The molecular weight excluding hydrogens is 318 g/mol. The highest BCUT2D eigenvalue weighted by atomic mass is 79.9. The fourth-order valence-corrected chi connectivity index (χ4v) is 2.99. The standard InChI is InChI=1S/C16H26BrNO2/c1-5-7-8-11(6-2)16(18)12-9-15(20-4)13(17)10-14(12)19-3/h9-11,16H,5-8,18H2,1-4H3. The van der Waals surface area contributed by atoms with Crippen LogP contribution < -0.4 is 15.2 Å². The van der Waals surface area contributed by atoms with Crippen molar-refractivity contribution in [3.63, 3.8) is 0 Å². The third kappa shape index (κ3) is 4.13.